The number of likely N-dealkylation sites (tertiary alicyclic amines) is 1. The third-order valence-electron chi connectivity index (χ3n) is 5.66. The van der Waals surface area contributed by atoms with Crippen LogP contribution in [-0.2, 0) is 21.2 Å². The van der Waals surface area contributed by atoms with E-state index >= 15 is 0 Å². The maximum Gasteiger partial charge on any atom is 0.410 e. The number of piperazine rings is 1. The molecule has 2 aliphatic heterocycles. The lowest BCUT2D eigenvalue weighted by Gasteiger charge is -2.32. The Labute approximate surface area is 178 Å². The van der Waals surface area contributed by atoms with Crippen molar-refractivity contribution < 1.29 is 22.5 Å². The number of piperidine rings is 1. The lowest BCUT2D eigenvalue weighted by molar-refractivity contribution is 0.0646. The highest BCUT2D eigenvalue weighted by molar-refractivity contribution is 7.88. The van der Waals surface area contributed by atoms with Crippen molar-refractivity contribution in [1.29, 1.82) is 0 Å². The summed E-state index contributed by atoms with van der Waals surface area (Å²) < 4.78 is 35.3. The third-order valence-corrected chi connectivity index (χ3v) is 6.96. The first kappa shape index (κ1) is 22.8. The van der Waals surface area contributed by atoms with Gasteiger partial charge in [-0.25, -0.2) is 13.2 Å². The summed E-state index contributed by atoms with van der Waals surface area (Å²) >= 11 is 0. The zero-order valence-electron chi connectivity index (χ0n) is 18.1. The van der Waals surface area contributed by atoms with Gasteiger partial charge in [0.05, 0.1) is 12.4 Å². The summed E-state index contributed by atoms with van der Waals surface area (Å²) in [7, 11) is -3.15. The summed E-state index contributed by atoms with van der Waals surface area (Å²) in [6, 6.07) is 0. The summed E-state index contributed by atoms with van der Waals surface area (Å²) in [5.41, 5.74) is 0. The van der Waals surface area contributed by atoms with Crippen molar-refractivity contribution in [2.24, 2.45) is 5.92 Å². The molecule has 0 N–H and O–H groups in total. The smallest absolute Gasteiger partial charge is 0.410 e. The summed E-state index contributed by atoms with van der Waals surface area (Å²) in [4.78, 5) is 20.2. The minimum Gasteiger partial charge on any atom is -0.447 e. The van der Waals surface area contributed by atoms with Gasteiger partial charge < -0.3 is 19.1 Å². The number of amides is 1. The van der Waals surface area contributed by atoms with Crippen molar-refractivity contribution in [3.05, 3.63) is 5.89 Å². The average Bonchev–Trinajstić information content (AvgIpc) is 3.16. The normalized spacial score (nSPS) is 19.5. The molecule has 10 nitrogen and oxygen atoms in total. The Morgan fingerprint density at radius 3 is 2.43 bits per heavy atom. The molecule has 1 aromatic heterocycles. The van der Waals surface area contributed by atoms with Gasteiger partial charge in [0.15, 0.2) is 0 Å². The summed E-state index contributed by atoms with van der Waals surface area (Å²) in [6.07, 6.45) is 5.68. The molecule has 0 saturated carbocycles. The van der Waals surface area contributed by atoms with E-state index in [1.165, 1.54) is 10.6 Å². The van der Waals surface area contributed by atoms with Gasteiger partial charge in [-0.15, -0.1) is 0 Å². The second kappa shape index (κ2) is 9.95. The van der Waals surface area contributed by atoms with E-state index in [4.69, 9.17) is 9.26 Å². The number of sulfonamides is 1. The van der Waals surface area contributed by atoms with Crippen molar-refractivity contribution in [1.82, 2.24) is 19.3 Å². The van der Waals surface area contributed by atoms with Gasteiger partial charge in [-0.3, -0.25) is 0 Å². The van der Waals surface area contributed by atoms with Crippen molar-refractivity contribution in [2.45, 2.75) is 52.1 Å². The molecule has 0 spiro atoms. The number of aryl methyl sites for hydroxylation is 1. The Kier molecular flexibility index (Phi) is 7.56. The van der Waals surface area contributed by atoms with E-state index in [9.17, 15) is 13.2 Å². The van der Waals surface area contributed by atoms with Crippen molar-refractivity contribution in [2.75, 3.05) is 50.4 Å². The van der Waals surface area contributed by atoms with E-state index in [1.807, 2.05) is 18.7 Å². The van der Waals surface area contributed by atoms with Gasteiger partial charge >= 0.3 is 6.09 Å². The maximum absolute atomic E-state index is 12.0. The maximum atomic E-state index is 12.0. The zero-order valence-corrected chi connectivity index (χ0v) is 18.9. The lowest BCUT2D eigenvalue weighted by atomic mass is 9.92. The molecule has 170 valence electrons. The highest BCUT2D eigenvalue weighted by Crippen LogP contribution is 2.24. The molecule has 2 fully saturated rings. The molecule has 0 unspecified atom stereocenters. The topological polar surface area (TPSA) is 109 Å². The second-order valence-corrected chi connectivity index (χ2v) is 10.4. The van der Waals surface area contributed by atoms with E-state index in [1.54, 1.807) is 4.90 Å². The number of ether oxygens (including phenoxy) is 1. The number of nitrogens with zero attached hydrogens (tertiary/aromatic N) is 5. The first-order valence-corrected chi connectivity index (χ1v) is 12.6. The molecular formula is C19H33N5O5S. The van der Waals surface area contributed by atoms with Crippen LogP contribution in [0.15, 0.2) is 4.52 Å². The SMILES string of the molecule is CC(C)OC(=O)N1CCC(CCCc2nc(N3CCN(S(C)(=O)=O)CC3)no2)CC1. The summed E-state index contributed by atoms with van der Waals surface area (Å²) in [5, 5.41) is 4.06. The van der Waals surface area contributed by atoms with Gasteiger partial charge in [0, 0.05) is 45.7 Å². The second-order valence-electron chi connectivity index (χ2n) is 8.39. The Bertz CT molecular complexity index is 796. The fraction of sp³-hybridized carbons (Fsp3) is 0.842. The van der Waals surface area contributed by atoms with Crippen LogP contribution in [0.25, 0.3) is 0 Å². The Hall–Kier alpha value is -1.88. The van der Waals surface area contributed by atoms with Crippen LogP contribution >= 0.6 is 0 Å². The molecule has 0 bridgehead atoms. The molecule has 2 saturated heterocycles. The number of carbonyl (C=O) groups excluding carboxylic acids is 1. The Morgan fingerprint density at radius 2 is 1.83 bits per heavy atom. The molecule has 0 aliphatic carbocycles. The molecule has 3 rings (SSSR count). The van der Waals surface area contributed by atoms with E-state index in [0.717, 1.165) is 45.2 Å². The number of carbonyl (C=O) groups is 1. The molecule has 2 aliphatic rings. The van der Waals surface area contributed by atoms with Crippen LogP contribution in [0, 0.1) is 5.92 Å². The monoisotopic (exact) mass is 443 g/mol. The highest BCUT2D eigenvalue weighted by Gasteiger charge is 2.26. The van der Waals surface area contributed by atoms with Crippen LogP contribution in [0.5, 0.6) is 0 Å². The molecule has 0 aromatic carbocycles. The quantitative estimate of drug-likeness (QED) is 0.627. The number of anilines is 1. The minimum atomic E-state index is -3.15. The fourth-order valence-electron chi connectivity index (χ4n) is 3.92. The first-order chi connectivity index (χ1) is 14.2. The molecule has 11 heteroatoms. The largest absolute Gasteiger partial charge is 0.447 e. The summed E-state index contributed by atoms with van der Waals surface area (Å²) in [5.74, 6) is 1.75. The lowest BCUT2D eigenvalue weighted by Crippen LogP contribution is -2.48. The van der Waals surface area contributed by atoms with Crippen molar-refractivity contribution in [3.63, 3.8) is 0 Å². The molecule has 3 heterocycles. The minimum absolute atomic E-state index is 0.0851. The van der Waals surface area contributed by atoms with Crippen LogP contribution in [-0.4, -0.2) is 85.5 Å². The molecule has 1 amide bonds. The average molecular weight is 444 g/mol. The third kappa shape index (κ3) is 6.31. The standard InChI is InChI=1S/C19H33N5O5S/c1-15(2)28-19(25)23-9-7-16(8-10-23)5-4-6-17-20-18(21-29-17)22-11-13-24(14-12-22)30(3,26)27/h15-16H,4-14H2,1-3H3. The van der Waals surface area contributed by atoms with Gasteiger partial charge in [0.25, 0.3) is 5.95 Å². The highest BCUT2D eigenvalue weighted by atomic mass is 32.2. The van der Waals surface area contributed by atoms with Gasteiger partial charge in [-0.2, -0.15) is 9.29 Å². The van der Waals surface area contributed by atoms with Crippen molar-refractivity contribution >= 4 is 22.1 Å². The van der Waals surface area contributed by atoms with Crippen LogP contribution in [0.1, 0.15) is 45.4 Å². The molecule has 0 atom stereocenters. The van der Waals surface area contributed by atoms with Crippen LogP contribution in [0.3, 0.4) is 0 Å². The van der Waals surface area contributed by atoms with Gasteiger partial charge in [0.2, 0.25) is 15.9 Å². The predicted octanol–water partition coefficient (Wildman–Crippen LogP) is 1.73. The van der Waals surface area contributed by atoms with Gasteiger partial charge in [-0.05, 0) is 50.6 Å². The summed E-state index contributed by atoms with van der Waals surface area (Å²) in [6.45, 7) is 7.22. The number of hydrogen-bond acceptors (Lipinski definition) is 8. The van der Waals surface area contributed by atoms with Gasteiger partial charge in [0.1, 0.15) is 0 Å². The van der Waals surface area contributed by atoms with E-state index in [0.29, 0.717) is 43.9 Å². The molecule has 1 aromatic rings. The fourth-order valence-corrected chi connectivity index (χ4v) is 4.74. The molecule has 30 heavy (non-hydrogen) atoms. The van der Waals surface area contributed by atoms with Crippen LogP contribution in [0.4, 0.5) is 10.7 Å². The Balaban J connectivity index is 1.36. The number of rotatable bonds is 7. The van der Waals surface area contributed by atoms with E-state index in [-0.39, 0.29) is 12.2 Å². The Morgan fingerprint density at radius 1 is 1.17 bits per heavy atom. The van der Waals surface area contributed by atoms with Crippen LogP contribution < -0.4 is 4.90 Å². The first-order valence-electron chi connectivity index (χ1n) is 10.7. The van der Waals surface area contributed by atoms with Gasteiger partial charge in [-0.1, -0.05) is 0 Å². The van der Waals surface area contributed by atoms with E-state index in [2.05, 4.69) is 10.1 Å². The molecular weight excluding hydrogens is 410 g/mol. The number of aromatic nitrogens is 2. The molecule has 0 radical (unpaired) electrons. The van der Waals surface area contributed by atoms with Crippen molar-refractivity contribution in [3.8, 4) is 0 Å². The number of hydrogen-bond donors (Lipinski definition) is 0. The zero-order chi connectivity index (χ0) is 21.7. The van der Waals surface area contributed by atoms with Crippen LogP contribution in [0.2, 0.25) is 0 Å². The predicted molar refractivity (Wildman–Crippen MR) is 112 cm³/mol. The van der Waals surface area contributed by atoms with E-state index < -0.39 is 10.0 Å².